The van der Waals surface area contributed by atoms with Gasteiger partial charge in [-0.3, -0.25) is 4.79 Å². The van der Waals surface area contributed by atoms with Crippen LogP contribution in [-0.2, 0) is 0 Å². The Hall–Kier alpha value is -0.740. The van der Waals surface area contributed by atoms with E-state index in [2.05, 4.69) is 4.98 Å². The van der Waals surface area contributed by atoms with Crippen molar-refractivity contribution >= 4 is 17.1 Å². The molecule has 2 N–H and O–H groups in total. The maximum Gasteiger partial charge on any atom is 0.185 e. The lowest BCUT2D eigenvalue weighted by Gasteiger charge is -2.08. The van der Waals surface area contributed by atoms with Crippen LogP contribution in [0.25, 0.3) is 0 Å². The lowest BCUT2D eigenvalue weighted by Crippen LogP contribution is -2.14. The van der Waals surface area contributed by atoms with Crippen molar-refractivity contribution in [3.63, 3.8) is 0 Å². The van der Waals surface area contributed by atoms with Crippen LogP contribution in [0.1, 0.15) is 55.2 Å². The lowest BCUT2D eigenvalue weighted by atomic mass is 9.97. The van der Waals surface area contributed by atoms with Crippen molar-refractivity contribution in [2.75, 3.05) is 0 Å². The first kappa shape index (κ1) is 12.3. The highest BCUT2D eigenvalue weighted by atomic mass is 32.1. The van der Waals surface area contributed by atoms with Gasteiger partial charge in [-0.15, -0.1) is 11.3 Å². The van der Waals surface area contributed by atoms with Crippen LogP contribution in [-0.4, -0.2) is 10.8 Å². The molecule has 0 saturated carbocycles. The Morgan fingerprint density at radius 1 is 1.53 bits per heavy atom. The summed E-state index contributed by atoms with van der Waals surface area (Å²) in [7, 11) is 0. The Morgan fingerprint density at radius 2 is 2.13 bits per heavy atom. The molecule has 0 fully saturated rings. The van der Waals surface area contributed by atoms with E-state index in [1.165, 1.54) is 11.3 Å². The van der Waals surface area contributed by atoms with Crippen molar-refractivity contribution in [2.45, 2.75) is 39.7 Å². The van der Waals surface area contributed by atoms with Crippen molar-refractivity contribution in [3.05, 3.63) is 16.1 Å². The molecule has 1 aromatic heterocycles. The number of Topliss-reactive ketones (excluding diaryl/α,β-unsaturated/α-hetero) is 1. The average molecular weight is 226 g/mol. The maximum atomic E-state index is 11.9. The zero-order valence-electron chi connectivity index (χ0n) is 9.49. The Bertz CT molecular complexity index is 329. The molecule has 0 radical (unpaired) electrons. The fourth-order valence-electron chi connectivity index (χ4n) is 1.48. The summed E-state index contributed by atoms with van der Waals surface area (Å²) in [5.74, 6) is 0.260. The van der Waals surface area contributed by atoms with E-state index in [1.54, 1.807) is 0 Å². The van der Waals surface area contributed by atoms with E-state index in [9.17, 15) is 4.79 Å². The number of ketones is 1. The molecule has 0 bridgehead atoms. The van der Waals surface area contributed by atoms with E-state index in [0.29, 0.717) is 5.69 Å². The van der Waals surface area contributed by atoms with Crippen molar-refractivity contribution in [3.8, 4) is 0 Å². The third-order valence-corrected chi connectivity index (χ3v) is 3.57. The van der Waals surface area contributed by atoms with Crippen molar-refractivity contribution in [1.82, 2.24) is 4.98 Å². The first-order chi connectivity index (χ1) is 7.10. The number of hydrogen-bond donors (Lipinski definition) is 1. The number of rotatable bonds is 5. The summed E-state index contributed by atoms with van der Waals surface area (Å²) in [4.78, 5) is 16.2. The average Bonchev–Trinajstić information content (AvgIpc) is 2.68. The number of nitrogens with zero attached hydrogens (tertiary/aromatic N) is 1. The Kier molecular flexibility index (Phi) is 4.42. The summed E-state index contributed by atoms with van der Waals surface area (Å²) in [5, 5.41) is 2.66. The minimum absolute atomic E-state index is 0.0850. The van der Waals surface area contributed by atoms with Gasteiger partial charge in [0.25, 0.3) is 0 Å². The van der Waals surface area contributed by atoms with Crippen molar-refractivity contribution in [1.29, 1.82) is 0 Å². The molecule has 0 amide bonds. The van der Waals surface area contributed by atoms with E-state index in [4.69, 9.17) is 5.73 Å². The zero-order valence-corrected chi connectivity index (χ0v) is 10.3. The summed E-state index contributed by atoms with van der Waals surface area (Å²) in [6.07, 6.45) is 1.75. The molecule has 1 unspecified atom stereocenters. The van der Waals surface area contributed by atoms with E-state index in [0.717, 1.165) is 17.8 Å². The predicted octanol–water partition coefficient (Wildman–Crippen LogP) is 2.78. The number of carbonyl (C=O) groups is 1. The summed E-state index contributed by atoms with van der Waals surface area (Å²) < 4.78 is 0. The minimum Gasteiger partial charge on any atom is -0.322 e. The van der Waals surface area contributed by atoms with Crippen LogP contribution < -0.4 is 5.73 Å². The Labute approximate surface area is 94.7 Å². The minimum atomic E-state index is -0.0850. The van der Waals surface area contributed by atoms with Gasteiger partial charge in [0.15, 0.2) is 5.78 Å². The molecule has 0 spiro atoms. The van der Waals surface area contributed by atoms with Crippen molar-refractivity contribution in [2.24, 2.45) is 11.7 Å². The normalized spacial score (nSPS) is 13.1. The molecular formula is C11H18N2OS. The van der Waals surface area contributed by atoms with Gasteiger partial charge >= 0.3 is 0 Å². The largest absolute Gasteiger partial charge is 0.322 e. The fraction of sp³-hybridized carbons (Fsp3) is 0.636. The predicted molar refractivity (Wildman–Crippen MR) is 63.1 cm³/mol. The molecule has 15 heavy (non-hydrogen) atoms. The van der Waals surface area contributed by atoms with Gasteiger partial charge in [-0.2, -0.15) is 0 Å². The third kappa shape index (κ3) is 2.86. The second-order valence-electron chi connectivity index (χ2n) is 3.74. The van der Waals surface area contributed by atoms with Gasteiger partial charge in [-0.05, 0) is 19.8 Å². The SMILES string of the molecule is CCC(CC)C(=O)c1csc(C(C)N)n1. The van der Waals surface area contributed by atoms with Gasteiger partial charge in [-0.1, -0.05) is 13.8 Å². The Balaban J connectivity index is 2.82. The third-order valence-electron chi connectivity index (χ3n) is 2.52. The summed E-state index contributed by atoms with van der Waals surface area (Å²) in [6, 6.07) is -0.0850. The highest BCUT2D eigenvalue weighted by Gasteiger charge is 2.19. The van der Waals surface area contributed by atoms with Gasteiger partial charge < -0.3 is 5.73 Å². The summed E-state index contributed by atoms with van der Waals surface area (Å²) in [6.45, 7) is 5.94. The number of nitrogens with two attached hydrogens (primary N) is 1. The highest BCUT2D eigenvalue weighted by Crippen LogP contribution is 2.20. The van der Waals surface area contributed by atoms with Gasteiger partial charge in [0, 0.05) is 11.3 Å². The molecular weight excluding hydrogens is 208 g/mol. The highest BCUT2D eigenvalue weighted by molar-refractivity contribution is 7.09. The molecule has 1 rings (SSSR count). The van der Waals surface area contributed by atoms with Gasteiger partial charge in [0.2, 0.25) is 0 Å². The van der Waals surface area contributed by atoms with Crippen LogP contribution in [0.4, 0.5) is 0 Å². The maximum absolute atomic E-state index is 11.9. The molecule has 0 aliphatic carbocycles. The van der Waals surface area contributed by atoms with Crippen LogP contribution in [0.3, 0.4) is 0 Å². The Morgan fingerprint density at radius 3 is 2.53 bits per heavy atom. The number of hydrogen-bond acceptors (Lipinski definition) is 4. The molecule has 0 aromatic carbocycles. The zero-order chi connectivity index (χ0) is 11.4. The smallest absolute Gasteiger partial charge is 0.185 e. The molecule has 0 aliphatic heterocycles. The molecule has 1 heterocycles. The first-order valence-electron chi connectivity index (χ1n) is 5.35. The molecule has 3 nitrogen and oxygen atoms in total. The molecule has 1 aromatic rings. The number of aromatic nitrogens is 1. The van der Waals surface area contributed by atoms with Crippen LogP contribution in [0, 0.1) is 5.92 Å². The molecule has 4 heteroatoms. The number of thiazole rings is 1. The van der Waals surface area contributed by atoms with Gasteiger partial charge in [-0.25, -0.2) is 4.98 Å². The van der Waals surface area contributed by atoms with Crippen LogP contribution >= 0.6 is 11.3 Å². The number of carbonyl (C=O) groups excluding carboxylic acids is 1. The van der Waals surface area contributed by atoms with E-state index >= 15 is 0 Å². The lowest BCUT2D eigenvalue weighted by molar-refractivity contribution is 0.0909. The molecule has 84 valence electrons. The van der Waals surface area contributed by atoms with Gasteiger partial charge in [0.1, 0.15) is 10.7 Å². The molecule has 0 saturated heterocycles. The monoisotopic (exact) mass is 226 g/mol. The van der Waals surface area contributed by atoms with E-state index < -0.39 is 0 Å². The molecule has 0 aliphatic rings. The van der Waals surface area contributed by atoms with Crippen molar-refractivity contribution < 1.29 is 4.79 Å². The molecule has 1 atom stereocenters. The van der Waals surface area contributed by atoms with Crippen LogP contribution in [0.5, 0.6) is 0 Å². The van der Waals surface area contributed by atoms with Crippen LogP contribution in [0.2, 0.25) is 0 Å². The fourth-order valence-corrected chi connectivity index (χ4v) is 2.25. The van der Waals surface area contributed by atoms with Crippen LogP contribution in [0.15, 0.2) is 5.38 Å². The van der Waals surface area contributed by atoms with E-state index in [1.807, 2.05) is 26.2 Å². The van der Waals surface area contributed by atoms with Gasteiger partial charge in [0.05, 0.1) is 6.04 Å². The standard InChI is InChI=1S/C11H18N2OS/c1-4-8(5-2)10(14)9-6-15-11(13-9)7(3)12/h6-8H,4-5,12H2,1-3H3. The van der Waals surface area contributed by atoms with E-state index in [-0.39, 0.29) is 17.7 Å². The summed E-state index contributed by atoms with van der Waals surface area (Å²) >= 11 is 1.47. The second-order valence-corrected chi connectivity index (χ2v) is 4.63. The quantitative estimate of drug-likeness (QED) is 0.785. The summed E-state index contributed by atoms with van der Waals surface area (Å²) in [5.41, 5.74) is 6.29. The second kappa shape index (κ2) is 5.37. The topological polar surface area (TPSA) is 56.0 Å². The first-order valence-corrected chi connectivity index (χ1v) is 6.23.